The Morgan fingerprint density at radius 3 is 2.48 bits per heavy atom. The van der Waals surface area contributed by atoms with Gasteiger partial charge >= 0.3 is 0 Å². The van der Waals surface area contributed by atoms with Gasteiger partial charge in [0.05, 0.1) is 0 Å². The first-order valence-electron chi connectivity index (χ1n) is 7.83. The Bertz CT molecular complexity index is 524. The molecule has 0 saturated heterocycles. The van der Waals surface area contributed by atoms with E-state index in [1.54, 1.807) is 6.07 Å². The van der Waals surface area contributed by atoms with E-state index in [-0.39, 0.29) is 0 Å². The molecule has 0 aliphatic carbocycles. The molecule has 2 heteroatoms. The van der Waals surface area contributed by atoms with Gasteiger partial charge in [0.25, 0.3) is 0 Å². The molecule has 2 nitrogen and oxygen atoms in total. The topological polar surface area (TPSA) is 32.3 Å². The number of rotatable bonds is 8. The summed E-state index contributed by atoms with van der Waals surface area (Å²) in [6, 6.07) is 18.7. The summed E-state index contributed by atoms with van der Waals surface area (Å²) in [5.41, 5.74) is 2.58. The third-order valence-electron chi connectivity index (χ3n) is 3.70. The number of phenolic OH excluding ortho intramolecular Hbond substituents is 1. The normalized spacial score (nSPS) is 12.2. The summed E-state index contributed by atoms with van der Waals surface area (Å²) in [6.45, 7) is 3.23. The van der Waals surface area contributed by atoms with Gasteiger partial charge in [-0.2, -0.15) is 0 Å². The molecular weight excluding hydrogens is 258 g/mol. The second-order valence-corrected chi connectivity index (χ2v) is 5.55. The largest absolute Gasteiger partial charge is 0.508 e. The number of nitrogens with one attached hydrogen (secondary N) is 1. The third-order valence-corrected chi connectivity index (χ3v) is 3.70. The zero-order valence-electron chi connectivity index (χ0n) is 12.8. The second-order valence-electron chi connectivity index (χ2n) is 5.55. The number of aromatic hydroxyl groups is 1. The minimum Gasteiger partial charge on any atom is -0.508 e. The van der Waals surface area contributed by atoms with Crippen molar-refractivity contribution < 1.29 is 5.11 Å². The Morgan fingerprint density at radius 1 is 1.00 bits per heavy atom. The second kappa shape index (κ2) is 8.48. The molecule has 0 fully saturated rings. The van der Waals surface area contributed by atoms with Gasteiger partial charge < -0.3 is 10.4 Å². The SMILES string of the molecule is CCCNC(CCc1ccccc1)Cc1cccc(O)c1. The summed E-state index contributed by atoms with van der Waals surface area (Å²) < 4.78 is 0. The molecule has 0 aromatic heterocycles. The van der Waals surface area contributed by atoms with E-state index in [0.29, 0.717) is 11.8 Å². The maximum absolute atomic E-state index is 9.59. The van der Waals surface area contributed by atoms with Gasteiger partial charge in [-0.3, -0.25) is 0 Å². The number of phenols is 1. The lowest BCUT2D eigenvalue weighted by atomic mass is 9.99. The number of benzene rings is 2. The highest BCUT2D eigenvalue weighted by atomic mass is 16.3. The van der Waals surface area contributed by atoms with Crippen molar-refractivity contribution in [2.75, 3.05) is 6.54 Å². The Morgan fingerprint density at radius 2 is 1.76 bits per heavy atom. The highest BCUT2D eigenvalue weighted by Crippen LogP contribution is 2.15. The van der Waals surface area contributed by atoms with E-state index < -0.39 is 0 Å². The molecule has 1 atom stereocenters. The maximum Gasteiger partial charge on any atom is 0.115 e. The molecule has 2 aromatic rings. The van der Waals surface area contributed by atoms with Crippen LogP contribution in [0.5, 0.6) is 5.75 Å². The zero-order valence-corrected chi connectivity index (χ0v) is 12.8. The van der Waals surface area contributed by atoms with Crippen LogP contribution in [0.3, 0.4) is 0 Å². The van der Waals surface area contributed by atoms with Gasteiger partial charge in [0.2, 0.25) is 0 Å². The molecule has 0 amide bonds. The summed E-state index contributed by atoms with van der Waals surface area (Å²) in [7, 11) is 0. The summed E-state index contributed by atoms with van der Waals surface area (Å²) >= 11 is 0. The van der Waals surface area contributed by atoms with Crippen LogP contribution in [0.25, 0.3) is 0 Å². The van der Waals surface area contributed by atoms with Crippen LogP contribution in [-0.4, -0.2) is 17.7 Å². The Kier molecular flexibility index (Phi) is 6.29. The molecule has 2 N–H and O–H groups in total. The van der Waals surface area contributed by atoms with Crippen LogP contribution in [0, 0.1) is 0 Å². The van der Waals surface area contributed by atoms with Crippen molar-refractivity contribution in [2.45, 2.75) is 38.6 Å². The summed E-state index contributed by atoms with van der Waals surface area (Å²) in [5.74, 6) is 0.352. The molecular formula is C19H25NO. The number of hydrogen-bond acceptors (Lipinski definition) is 2. The molecule has 0 aliphatic rings. The van der Waals surface area contributed by atoms with Crippen molar-refractivity contribution in [1.29, 1.82) is 0 Å². The minimum atomic E-state index is 0.352. The van der Waals surface area contributed by atoms with E-state index >= 15 is 0 Å². The van der Waals surface area contributed by atoms with E-state index in [4.69, 9.17) is 0 Å². The van der Waals surface area contributed by atoms with Crippen LogP contribution >= 0.6 is 0 Å². The van der Waals surface area contributed by atoms with Crippen LogP contribution in [0.4, 0.5) is 0 Å². The van der Waals surface area contributed by atoms with Gasteiger partial charge in [-0.05, 0) is 55.5 Å². The summed E-state index contributed by atoms with van der Waals surface area (Å²) in [4.78, 5) is 0. The molecule has 21 heavy (non-hydrogen) atoms. The molecule has 1 unspecified atom stereocenters. The van der Waals surface area contributed by atoms with Gasteiger partial charge in [0, 0.05) is 6.04 Å². The van der Waals surface area contributed by atoms with Crippen molar-refractivity contribution in [3.8, 4) is 5.75 Å². The standard InChI is InChI=1S/C19H25NO/c1-2-13-20-18(12-11-16-7-4-3-5-8-16)14-17-9-6-10-19(21)15-17/h3-10,15,18,20-21H,2,11-14H2,1H3. The molecule has 0 radical (unpaired) electrons. The van der Waals surface area contributed by atoms with Crippen molar-refractivity contribution >= 4 is 0 Å². The third kappa shape index (κ3) is 5.60. The first-order valence-corrected chi connectivity index (χ1v) is 7.83. The number of aryl methyl sites for hydroxylation is 1. The van der Waals surface area contributed by atoms with Crippen molar-refractivity contribution in [2.24, 2.45) is 0 Å². The number of hydrogen-bond donors (Lipinski definition) is 2. The monoisotopic (exact) mass is 283 g/mol. The first kappa shape index (κ1) is 15.6. The molecule has 2 aromatic carbocycles. The fourth-order valence-corrected chi connectivity index (χ4v) is 2.58. The van der Waals surface area contributed by atoms with Crippen LogP contribution in [0.2, 0.25) is 0 Å². The Balaban J connectivity index is 1.94. The molecule has 0 heterocycles. The molecule has 0 aliphatic heterocycles. The fraction of sp³-hybridized carbons (Fsp3) is 0.368. The fourth-order valence-electron chi connectivity index (χ4n) is 2.58. The lowest BCUT2D eigenvalue weighted by Crippen LogP contribution is -2.32. The van der Waals surface area contributed by atoms with Crippen LogP contribution in [0.1, 0.15) is 30.9 Å². The Hall–Kier alpha value is -1.80. The highest BCUT2D eigenvalue weighted by molar-refractivity contribution is 5.27. The van der Waals surface area contributed by atoms with Crippen LogP contribution < -0.4 is 5.32 Å². The lowest BCUT2D eigenvalue weighted by molar-refractivity contribution is 0.466. The van der Waals surface area contributed by atoms with Crippen molar-refractivity contribution in [3.63, 3.8) is 0 Å². The minimum absolute atomic E-state index is 0.352. The van der Waals surface area contributed by atoms with E-state index in [9.17, 15) is 5.11 Å². The average Bonchev–Trinajstić information content (AvgIpc) is 2.51. The Labute approximate surface area is 127 Å². The maximum atomic E-state index is 9.59. The quantitative estimate of drug-likeness (QED) is 0.769. The predicted octanol–water partition coefficient (Wildman–Crippen LogP) is 3.94. The zero-order chi connectivity index (χ0) is 14.9. The average molecular weight is 283 g/mol. The van der Waals surface area contributed by atoms with Gasteiger partial charge in [0.15, 0.2) is 0 Å². The van der Waals surface area contributed by atoms with E-state index in [1.807, 2.05) is 12.1 Å². The first-order chi connectivity index (χ1) is 10.3. The van der Waals surface area contributed by atoms with E-state index in [1.165, 1.54) is 11.1 Å². The summed E-state index contributed by atoms with van der Waals surface area (Å²) in [5, 5.41) is 13.2. The van der Waals surface area contributed by atoms with Gasteiger partial charge in [-0.15, -0.1) is 0 Å². The molecule has 0 bridgehead atoms. The van der Waals surface area contributed by atoms with Gasteiger partial charge in [0.1, 0.15) is 5.75 Å². The van der Waals surface area contributed by atoms with Crippen LogP contribution in [0.15, 0.2) is 54.6 Å². The van der Waals surface area contributed by atoms with Crippen molar-refractivity contribution in [1.82, 2.24) is 5.32 Å². The molecule has 112 valence electrons. The van der Waals surface area contributed by atoms with Crippen molar-refractivity contribution in [3.05, 3.63) is 65.7 Å². The highest BCUT2D eigenvalue weighted by Gasteiger charge is 2.09. The smallest absolute Gasteiger partial charge is 0.115 e. The van der Waals surface area contributed by atoms with Gasteiger partial charge in [-0.25, -0.2) is 0 Å². The van der Waals surface area contributed by atoms with Gasteiger partial charge in [-0.1, -0.05) is 49.4 Å². The molecule has 2 rings (SSSR count). The predicted molar refractivity (Wildman–Crippen MR) is 88.7 cm³/mol. The summed E-state index contributed by atoms with van der Waals surface area (Å²) in [6.07, 6.45) is 4.30. The molecule has 0 spiro atoms. The van der Waals surface area contributed by atoms with Crippen LogP contribution in [-0.2, 0) is 12.8 Å². The van der Waals surface area contributed by atoms with E-state index in [0.717, 1.165) is 32.2 Å². The van der Waals surface area contributed by atoms with E-state index in [2.05, 4.69) is 48.6 Å². The molecule has 0 saturated carbocycles. The lowest BCUT2D eigenvalue weighted by Gasteiger charge is -2.19.